The van der Waals surface area contributed by atoms with Crippen LogP contribution in [0, 0.1) is 5.82 Å². The van der Waals surface area contributed by atoms with Gasteiger partial charge in [0.15, 0.2) is 0 Å². The summed E-state index contributed by atoms with van der Waals surface area (Å²) in [4.78, 5) is 37.3. The Morgan fingerprint density at radius 2 is 1.49 bits per heavy atom. The Labute approximate surface area is 231 Å². The van der Waals surface area contributed by atoms with Crippen molar-refractivity contribution in [3.8, 4) is 0 Å². The van der Waals surface area contributed by atoms with Crippen LogP contribution in [0.4, 0.5) is 15.8 Å². The lowest BCUT2D eigenvalue weighted by Gasteiger charge is -2.14. The maximum absolute atomic E-state index is 13.9. The van der Waals surface area contributed by atoms with E-state index in [0.717, 1.165) is 0 Å². The topological polar surface area (TPSA) is 95.5 Å². The minimum Gasteiger partial charge on any atom is -0.478 e. The largest absolute Gasteiger partial charge is 0.478 e. The summed E-state index contributed by atoms with van der Waals surface area (Å²) in [6, 6.07) is 10.7. The fourth-order valence-corrected chi connectivity index (χ4v) is 4.85. The van der Waals surface area contributed by atoms with Gasteiger partial charge in [-0.1, -0.05) is 62.3 Å². The molecule has 13 heteroatoms. The predicted molar refractivity (Wildman–Crippen MR) is 141 cm³/mol. The lowest BCUT2D eigenvalue weighted by Crippen LogP contribution is -2.18. The molecule has 6 nitrogen and oxygen atoms in total. The normalized spacial score (nSPS) is 10.7. The van der Waals surface area contributed by atoms with E-state index < -0.39 is 39.8 Å². The summed E-state index contributed by atoms with van der Waals surface area (Å²) >= 11 is 28.3. The highest BCUT2D eigenvalue weighted by Crippen LogP contribution is 2.41. The van der Waals surface area contributed by atoms with Crippen molar-refractivity contribution in [2.45, 2.75) is 4.90 Å². The molecule has 3 rings (SSSR count). The van der Waals surface area contributed by atoms with Gasteiger partial charge in [0.25, 0.3) is 5.91 Å². The van der Waals surface area contributed by atoms with Crippen LogP contribution >= 0.6 is 74.1 Å². The van der Waals surface area contributed by atoms with Crippen LogP contribution in [0.5, 0.6) is 0 Å². The molecule has 0 aliphatic carbocycles. The van der Waals surface area contributed by atoms with E-state index in [1.54, 1.807) is 30.3 Å². The second-order valence-electron chi connectivity index (χ2n) is 6.75. The van der Waals surface area contributed by atoms with E-state index in [1.807, 2.05) is 0 Å². The summed E-state index contributed by atoms with van der Waals surface area (Å²) in [5.41, 5.74) is -0.633. The Bertz CT molecular complexity index is 1340. The third kappa shape index (κ3) is 6.61. The number of anilines is 2. The molecule has 3 aromatic rings. The van der Waals surface area contributed by atoms with Crippen LogP contribution in [0.1, 0.15) is 20.7 Å². The molecule has 0 aromatic heterocycles. The molecule has 182 valence electrons. The van der Waals surface area contributed by atoms with Crippen molar-refractivity contribution in [2.24, 2.45) is 0 Å². The number of rotatable bonds is 7. The minimum atomic E-state index is -1.51. The second-order valence-corrected chi connectivity index (χ2v) is 10.2. The molecule has 0 fully saturated rings. The summed E-state index contributed by atoms with van der Waals surface area (Å²) in [6.07, 6.45) is 0. The third-order valence-electron chi connectivity index (χ3n) is 4.40. The molecular weight excluding hydrogens is 629 g/mol. The average molecular weight is 641 g/mol. The highest BCUT2D eigenvalue weighted by molar-refractivity contribution is 9.10. The average Bonchev–Trinajstić information content (AvgIpc) is 2.81. The van der Waals surface area contributed by atoms with Gasteiger partial charge in [0, 0.05) is 15.1 Å². The van der Waals surface area contributed by atoms with Gasteiger partial charge >= 0.3 is 5.97 Å². The van der Waals surface area contributed by atoms with E-state index in [9.17, 15) is 23.9 Å². The molecule has 0 unspecified atom stereocenters. The molecule has 0 radical (unpaired) electrons. The smallest absolute Gasteiger partial charge is 0.338 e. The van der Waals surface area contributed by atoms with E-state index >= 15 is 0 Å². The highest BCUT2D eigenvalue weighted by atomic mass is 79.9. The SMILES string of the molecule is O=C(CSc1ccc(NC(=O)c2c(Cl)c(Cl)c(Cl)c(Cl)c2C(=O)O)cc1)Nc1ccc(Br)cc1F. The van der Waals surface area contributed by atoms with Gasteiger partial charge in [-0.2, -0.15) is 0 Å². The number of carbonyl (C=O) groups is 3. The Balaban J connectivity index is 1.67. The van der Waals surface area contributed by atoms with Gasteiger partial charge in [-0.05, 0) is 42.5 Å². The van der Waals surface area contributed by atoms with Gasteiger partial charge in [-0.25, -0.2) is 9.18 Å². The Hall–Kier alpha value is -2.01. The first-order chi connectivity index (χ1) is 16.5. The zero-order chi connectivity index (χ0) is 25.9. The number of halogens is 6. The number of aromatic carboxylic acids is 1. The maximum Gasteiger partial charge on any atom is 0.338 e. The van der Waals surface area contributed by atoms with E-state index in [2.05, 4.69) is 26.6 Å². The number of carboxylic acids is 1. The van der Waals surface area contributed by atoms with E-state index in [0.29, 0.717) is 15.1 Å². The number of thioether (sulfide) groups is 1. The molecule has 0 atom stereocenters. The van der Waals surface area contributed by atoms with Gasteiger partial charge in [-0.3, -0.25) is 9.59 Å². The number of amides is 2. The summed E-state index contributed by atoms with van der Waals surface area (Å²) in [5.74, 6) is -3.31. The molecule has 0 aliphatic rings. The number of benzene rings is 3. The third-order valence-corrected chi connectivity index (χ3v) is 7.70. The van der Waals surface area contributed by atoms with Crippen LogP contribution in [0.3, 0.4) is 0 Å². The van der Waals surface area contributed by atoms with Crippen molar-refractivity contribution in [1.82, 2.24) is 0 Å². The molecule has 0 saturated heterocycles. The number of hydrogen-bond donors (Lipinski definition) is 3. The van der Waals surface area contributed by atoms with Crippen LogP contribution < -0.4 is 10.6 Å². The van der Waals surface area contributed by atoms with Gasteiger partial charge < -0.3 is 15.7 Å². The molecule has 35 heavy (non-hydrogen) atoms. The fraction of sp³-hybridized carbons (Fsp3) is 0.0455. The van der Waals surface area contributed by atoms with E-state index in [4.69, 9.17) is 46.4 Å². The first-order valence-corrected chi connectivity index (χ1v) is 12.7. The van der Waals surface area contributed by atoms with Crippen molar-refractivity contribution in [3.05, 3.63) is 84.0 Å². The molecule has 0 heterocycles. The number of nitrogens with one attached hydrogen (secondary N) is 2. The van der Waals surface area contributed by atoms with Crippen LogP contribution in [0.2, 0.25) is 20.1 Å². The van der Waals surface area contributed by atoms with E-state index in [1.165, 1.54) is 23.9 Å². The molecule has 3 N–H and O–H groups in total. The van der Waals surface area contributed by atoms with Gasteiger partial charge in [0.1, 0.15) is 5.82 Å². The predicted octanol–water partition coefficient (Wildman–Crippen LogP) is 7.88. The van der Waals surface area contributed by atoms with Gasteiger partial charge in [0.05, 0.1) is 42.7 Å². The van der Waals surface area contributed by atoms with Crippen molar-refractivity contribution in [3.63, 3.8) is 0 Å². The van der Waals surface area contributed by atoms with Crippen molar-refractivity contribution in [1.29, 1.82) is 0 Å². The Morgan fingerprint density at radius 1 is 0.886 bits per heavy atom. The first-order valence-electron chi connectivity index (χ1n) is 9.38. The molecule has 3 aromatic carbocycles. The summed E-state index contributed by atoms with van der Waals surface area (Å²) in [7, 11) is 0. The van der Waals surface area contributed by atoms with Crippen molar-refractivity contribution >= 4 is 103 Å². The van der Waals surface area contributed by atoms with E-state index in [-0.39, 0.29) is 26.5 Å². The maximum atomic E-state index is 13.9. The molecular formula is C22H12BrCl4FN2O4S. The van der Waals surface area contributed by atoms with Crippen LogP contribution in [0.15, 0.2) is 51.8 Å². The quantitative estimate of drug-likeness (QED) is 0.139. The highest BCUT2D eigenvalue weighted by Gasteiger charge is 2.28. The fourth-order valence-electron chi connectivity index (χ4n) is 2.80. The standard InChI is InChI=1S/C22H12BrCl4FN2O4S/c23-9-1-6-13(12(28)7-9)30-14(31)8-35-11-4-2-10(3-5-11)29-21(32)15-16(22(33)34)18(25)20(27)19(26)17(15)24/h1-7H,8H2,(H,29,32)(H,30,31)(H,33,34). The summed E-state index contributed by atoms with van der Waals surface area (Å²) in [6.45, 7) is 0. The first kappa shape index (κ1) is 27.6. The summed E-state index contributed by atoms with van der Waals surface area (Å²) < 4.78 is 14.4. The van der Waals surface area contributed by atoms with Gasteiger partial charge in [-0.15, -0.1) is 11.8 Å². The number of carboxylic acid groups (broad SMARTS) is 1. The van der Waals surface area contributed by atoms with Crippen LogP contribution in [0.25, 0.3) is 0 Å². The zero-order valence-corrected chi connectivity index (χ0v) is 22.5. The lowest BCUT2D eigenvalue weighted by molar-refractivity contribution is -0.113. The molecule has 0 bridgehead atoms. The summed E-state index contributed by atoms with van der Waals surface area (Å²) in [5, 5.41) is 13.2. The van der Waals surface area contributed by atoms with Crippen molar-refractivity contribution in [2.75, 3.05) is 16.4 Å². The second kappa shape index (κ2) is 11.8. The minimum absolute atomic E-state index is 0.0144. The Kier molecular flexibility index (Phi) is 9.31. The molecule has 0 saturated carbocycles. The monoisotopic (exact) mass is 638 g/mol. The lowest BCUT2D eigenvalue weighted by atomic mass is 10.1. The van der Waals surface area contributed by atoms with Crippen LogP contribution in [-0.2, 0) is 4.79 Å². The van der Waals surface area contributed by atoms with Crippen molar-refractivity contribution < 1.29 is 23.9 Å². The number of hydrogen-bond acceptors (Lipinski definition) is 4. The van der Waals surface area contributed by atoms with Gasteiger partial charge in [0.2, 0.25) is 5.91 Å². The molecule has 0 spiro atoms. The number of carbonyl (C=O) groups excluding carboxylic acids is 2. The molecule has 0 aliphatic heterocycles. The Morgan fingerprint density at radius 3 is 2.06 bits per heavy atom. The van der Waals surface area contributed by atoms with Crippen LogP contribution in [-0.4, -0.2) is 28.6 Å². The molecule has 2 amide bonds. The zero-order valence-electron chi connectivity index (χ0n) is 17.1.